The van der Waals surface area contributed by atoms with Gasteiger partial charge in [-0.2, -0.15) is 4.31 Å². The van der Waals surface area contributed by atoms with Crippen LogP contribution in [0.1, 0.15) is 0 Å². The van der Waals surface area contributed by atoms with E-state index in [1.165, 1.54) is 22.5 Å². The van der Waals surface area contributed by atoms with Crippen LogP contribution in [0.4, 0.5) is 5.69 Å². The lowest BCUT2D eigenvalue weighted by atomic mass is 10.3. The predicted octanol–water partition coefficient (Wildman–Crippen LogP) is 3.03. The molecule has 3 rings (SSSR count). The molecule has 0 spiro atoms. The van der Waals surface area contributed by atoms with Gasteiger partial charge in [-0.05, 0) is 42.5 Å². The molecule has 1 aliphatic rings. The monoisotopic (exact) mass is 444 g/mol. The number of halogens is 2. The third-order valence-electron chi connectivity index (χ3n) is 3.99. The van der Waals surface area contributed by atoms with Crippen LogP contribution >= 0.6 is 23.2 Å². The standard InChI is InChI=1S/C18H18Cl2N2O5S/c19-13-1-4-15(5-2-13)27-12-18(23)21-14-3-6-16(20)17(11-14)28(24,25)22-7-9-26-10-8-22/h1-6,11H,7-10,12H2,(H,21,23). The summed E-state index contributed by atoms with van der Waals surface area (Å²) in [4.78, 5) is 12.1. The zero-order valence-corrected chi connectivity index (χ0v) is 17.1. The Labute approximate surface area is 173 Å². The van der Waals surface area contributed by atoms with Crippen LogP contribution in [0.2, 0.25) is 10.0 Å². The smallest absolute Gasteiger partial charge is 0.262 e. The number of morpholine rings is 1. The van der Waals surface area contributed by atoms with E-state index in [9.17, 15) is 13.2 Å². The molecule has 2 aromatic rings. The van der Waals surface area contributed by atoms with Crippen LogP contribution in [0.5, 0.6) is 5.75 Å². The first-order chi connectivity index (χ1) is 13.4. The first-order valence-corrected chi connectivity index (χ1v) is 10.6. The Bertz CT molecular complexity index is 945. The lowest BCUT2D eigenvalue weighted by Crippen LogP contribution is -2.40. The SMILES string of the molecule is O=C(COc1ccc(Cl)cc1)Nc1ccc(Cl)c(S(=O)(=O)N2CCOCC2)c1. The summed E-state index contributed by atoms with van der Waals surface area (Å²) in [7, 11) is -3.78. The highest BCUT2D eigenvalue weighted by Gasteiger charge is 2.28. The maximum atomic E-state index is 12.8. The molecule has 28 heavy (non-hydrogen) atoms. The summed E-state index contributed by atoms with van der Waals surface area (Å²) < 4.78 is 37.5. The summed E-state index contributed by atoms with van der Waals surface area (Å²) in [6.45, 7) is 0.925. The van der Waals surface area contributed by atoms with Crippen molar-refractivity contribution in [3.63, 3.8) is 0 Å². The first-order valence-electron chi connectivity index (χ1n) is 8.42. The molecular weight excluding hydrogens is 427 g/mol. The second-order valence-electron chi connectivity index (χ2n) is 5.95. The molecule has 0 unspecified atom stereocenters. The summed E-state index contributed by atoms with van der Waals surface area (Å²) in [5.74, 6) is 0.0539. The number of nitrogens with one attached hydrogen (secondary N) is 1. The van der Waals surface area contributed by atoms with Gasteiger partial charge in [-0.25, -0.2) is 8.42 Å². The van der Waals surface area contributed by atoms with E-state index in [-0.39, 0.29) is 29.6 Å². The van der Waals surface area contributed by atoms with Gasteiger partial charge in [0.15, 0.2) is 6.61 Å². The number of sulfonamides is 1. The van der Waals surface area contributed by atoms with Crippen LogP contribution in [0.15, 0.2) is 47.4 Å². The minimum Gasteiger partial charge on any atom is -0.484 e. The molecule has 0 atom stereocenters. The van der Waals surface area contributed by atoms with Crippen molar-refractivity contribution in [1.29, 1.82) is 0 Å². The topological polar surface area (TPSA) is 84.9 Å². The number of benzene rings is 2. The van der Waals surface area contributed by atoms with Gasteiger partial charge in [-0.1, -0.05) is 23.2 Å². The second kappa shape index (κ2) is 9.11. The predicted molar refractivity (Wildman–Crippen MR) is 107 cm³/mol. The summed E-state index contributed by atoms with van der Waals surface area (Å²) in [5, 5.41) is 3.26. The Hall–Kier alpha value is -1.84. The average Bonchev–Trinajstić information content (AvgIpc) is 2.69. The quantitative estimate of drug-likeness (QED) is 0.739. The van der Waals surface area contributed by atoms with E-state index in [0.717, 1.165) is 0 Å². The average molecular weight is 445 g/mol. The maximum Gasteiger partial charge on any atom is 0.262 e. The number of rotatable bonds is 6. The molecule has 0 aliphatic carbocycles. The minimum atomic E-state index is -3.78. The highest BCUT2D eigenvalue weighted by Crippen LogP contribution is 2.28. The number of hydrogen-bond donors (Lipinski definition) is 1. The van der Waals surface area contributed by atoms with Gasteiger partial charge in [0.25, 0.3) is 5.91 Å². The van der Waals surface area contributed by atoms with E-state index in [1.54, 1.807) is 24.3 Å². The van der Waals surface area contributed by atoms with Crippen LogP contribution in [-0.4, -0.2) is 51.5 Å². The second-order valence-corrected chi connectivity index (χ2v) is 8.70. The number of nitrogens with zero attached hydrogens (tertiary/aromatic N) is 1. The fraction of sp³-hybridized carbons (Fsp3) is 0.278. The van der Waals surface area contributed by atoms with Crippen LogP contribution in [-0.2, 0) is 19.6 Å². The molecule has 150 valence electrons. The zero-order chi connectivity index (χ0) is 20.1. The van der Waals surface area contributed by atoms with Crippen LogP contribution in [0, 0.1) is 0 Å². The molecule has 1 heterocycles. The zero-order valence-electron chi connectivity index (χ0n) is 14.7. The molecule has 0 radical (unpaired) electrons. The Morgan fingerprint density at radius 2 is 1.79 bits per heavy atom. The minimum absolute atomic E-state index is 0.0625. The van der Waals surface area contributed by atoms with Crippen molar-refractivity contribution in [3.05, 3.63) is 52.5 Å². The summed E-state index contributed by atoms with van der Waals surface area (Å²) in [6, 6.07) is 10.9. The van der Waals surface area contributed by atoms with E-state index in [0.29, 0.717) is 29.7 Å². The van der Waals surface area contributed by atoms with Gasteiger partial charge in [-0.3, -0.25) is 4.79 Å². The highest BCUT2D eigenvalue weighted by atomic mass is 35.5. The van der Waals surface area contributed by atoms with Gasteiger partial charge in [0.2, 0.25) is 10.0 Å². The van der Waals surface area contributed by atoms with Crippen LogP contribution in [0.25, 0.3) is 0 Å². The molecular formula is C18H18Cl2N2O5S. The highest BCUT2D eigenvalue weighted by molar-refractivity contribution is 7.89. The van der Waals surface area contributed by atoms with Crippen molar-refractivity contribution < 1.29 is 22.7 Å². The molecule has 2 aromatic carbocycles. The Kier molecular flexibility index (Phi) is 6.79. The Morgan fingerprint density at radius 3 is 2.46 bits per heavy atom. The lowest BCUT2D eigenvalue weighted by Gasteiger charge is -2.26. The largest absolute Gasteiger partial charge is 0.484 e. The third kappa shape index (κ3) is 5.15. The summed E-state index contributed by atoms with van der Waals surface area (Å²) in [6.07, 6.45) is 0. The van der Waals surface area contributed by atoms with Gasteiger partial charge in [0.1, 0.15) is 10.6 Å². The number of anilines is 1. The Balaban J connectivity index is 1.68. The molecule has 10 heteroatoms. The van der Waals surface area contributed by atoms with Crippen molar-refractivity contribution in [2.24, 2.45) is 0 Å². The van der Waals surface area contributed by atoms with Gasteiger partial charge >= 0.3 is 0 Å². The van der Waals surface area contributed by atoms with E-state index < -0.39 is 15.9 Å². The summed E-state index contributed by atoms with van der Waals surface area (Å²) in [5.41, 5.74) is 0.306. The van der Waals surface area contributed by atoms with Gasteiger partial charge in [-0.15, -0.1) is 0 Å². The third-order valence-corrected chi connectivity index (χ3v) is 6.62. The fourth-order valence-electron chi connectivity index (χ4n) is 2.58. The molecule has 1 fully saturated rings. The number of amides is 1. The molecule has 0 saturated carbocycles. The molecule has 1 N–H and O–H groups in total. The maximum absolute atomic E-state index is 12.8. The van der Waals surface area contributed by atoms with Gasteiger partial charge in [0, 0.05) is 23.8 Å². The van der Waals surface area contributed by atoms with E-state index >= 15 is 0 Å². The van der Waals surface area contributed by atoms with Crippen molar-refractivity contribution in [1.82, 2.24) is 4.31 Å². The van der Waals surface area contributed by atoms with Crippen molar-refractivity contribution in [3.8, 4) is 5.75 Å². The fourth-order valence-corrected chi connectivity index (χ4v) is 4.62. The molecule has 1 saturated heterocycles. The van der Waals surface area contributed by atoms with Crippen molar-refractivity contribution in [2.45, 2.75) is 4.90 Å². The summed E-state index contributed by atoms with van der Waals surface area (Å²) >= 11 is 11.9. The van der Waals surface area contributed by atoms with Gasteiger partial charge in [0.05, 0.1) is 18.2 Å². The number of carbonyl (C=O) groups excluding carboxylic acids is 1. The van der Waals surface area contributed by atoms with Crippen molar-refractivity contribution >= 4 is 44.8 Å². The normalized spacial score (nSPS) is 15.2. The number of ether oxygens (including phenoxy) is 2. The number of hydrogen-bond acceptors (Lipinski definition) is 5. The van der Waals surface area contributed by atoms with Gasteiger partial charge < -0.3 is 14.8 Å². The van der Waals surface area contributed by atoms with Crippen molar-refractivity contribution in [2.75, 3.05) is 38.2 Å². The van der Waals surface area contributed by atoms with E-state index in [2.05, 4.69) is 5.32 Å². The van der Waals surface area contributed by atoms with Crippen LogP contribution < -0.4 is 10.1 Å². The number of carbonyl (C=O) groups is 1. The molecule has 7 nitrogen and oxygen atoms in total. The Morgan fingerprint density at radius 1 is 1.11 bits per heavy atom. The van der Waals surface area contributed by atoms with E-state index in [1.807, 2.05) is 0 Å². The first kappa shape index (κ1) is 20.9. The molecule has 1 amide bonds. The molecule has 0 bridgehead atoms. The van der Waals surface area contributed by atoms with Crippen LogP contribution in [0.3, 0.4) is 0 Å². The lowest BCUT2D eigenvalue weighted by molar-refractivity contribution is -0.118. The molecule has 1 aliphatic heterocycles. The van der Waals surface area contributed by atoms with E-state index in [4.69, 9.17) is 32.7 Å². The molecule has 0 aromatic heterocycles.